The summed E-state index contributed by atoms with van der Waals surface area (Å²) < 4.78 is 1.13. The smallest absolute Gasteiger partial charge is 0.231 e. The van der Waals surface area contributed by atoms with Crippen molar-refractivity contribution in [2.75, 3.05) is 19.0 Å². The number of fused-ring (bicyclic) bond motifs is 1. The van der Waals surface area contributed by atoms with Crippen molar-refractivity contribution in [3.63, 3.8) is 0 Å². The molecule has 0 atom stereocenters. The molecule has 0 saturated carbocycles. The molecule has 5 heteroatoms. The molecule has 0 fully saturated rings. The van der Waals surface area contributed by atoms with Crippen LogP contribution < -0.4 is 4.90 Å². The maximum absolute atomic E-state index is 4.42. The Morgan fingerprint density at radius 2 is 1.67 bits per heavy atom. The van der Waals surface area contributed by atoms with Crippen molar-refractivity contribution in [1.29, 1.82) is 0 Å². The summed E-state index contributed by atoms with van der Waals surface area (Å²) >= 11 is 1.54. The Hall–Kier alpha value is -2.27. The first-order chi connectivity index (χ1) is 9.72. The third-order valence-corrected chi connectivity index (χ3v) is 3.82. The molecule has 0 amide bonds. The Morgan fingerprint density at radius 3 is 2.33 bits per heavy atom. The van der Waals surface area contributed by atoms with Gasteiger partial charge in [-0.25, -0.2) is 4.98 Å². The Balaban J connectivity index is 0.00000161. The summed E-state index contributed by atoms with van der Waals surface area (Å²) in [7, 11) is 4.02. The number of benzene rings is 2. The SMILES string of the molecule is C.CN(C)c1ccc(N=Nc2nc3ccccc3s2)cc1. The van der Waals surface area contributed by atoms with Crippen molar-refractivity contribution < 1.29 is 0 Å². The van der Waals surface area contributed by atoms with Crippen LogP contribution in [-0.2, 0) is 0 Å². The second kappa shape index (κ2) is 6.45. The average molecular weight is 298 g/mol. The number of anilines is 1. The number of para-hydroxylation sites is 1. The maximum Gasteiger partial charge on any atom is 0.231 e. The first-order valence-corrected chi connectivity index (χ1v) is 7.09. The van der Waals surface area contributed by atoms with E-state index in [1.165, 1.54) is 0 Å². The fraction of sp³-hybridized carbons (Fsp3) is 0.188. The summed E-state index contributed by atoms with van der Waals surface area (Å²) in [6.07, 6.45) is 0. The lowest BCUT2D eigenvalue weighted by atomic mass is 10.3. The molecule has 0 bridgehead atoms. The summed E-state index contributed by atoms with van der Waals surface area (Å²) in [6, 6.07) is 15.9. The van der Waals surface area contributed by atoms with E-state index in [2.05, 4.69) is 20.1 Å². The van der Waals surface area contributed by atoms with E-state index in [0.29, 0.717) is 5.13 Å². The van der Waals surface area contributed by atoms with Crippen molar-refractivity contribution in [2.24, 2.45) is 10.2 Å². The standard InChI is InChI=1S/C15H14N4S.CH4/c1-19(2)12-9-7-11(8-10-12)17-18-15-16-13-5-3-4-6-14(13)20-15;/h3-10H,1-2H3;1H4. The molecule has 0 radical (unpaired) electrons. The minimum atomic E-state index is 0. The largest absolute Gasteiger partial charge is 0.378 e. The summed E-state index contributed by atoms with van der Waals surface area (Å²) in [5.41, 5.74) is 2.94. The summed E-state index contributed by atoms with van der Waals surface area (Å²) in [6.45, 7) is 0. The van der Waals surface area contributed by atoms with Crippen LogP contribution >= 0.6 is 11.3 Å². The fourth-order valence-electron chi connectivity index (χ4n) is 1.82. The van der Waals surface area contributed by atoms with Gasteiger partial charge in [0.25, 0.3) is 0 Å². The molecule has 0 unspecified atom stereocenters. The van der Waals surface area contributed by atoms with Gasteiger partial charge in [-0.2, -0.15) is 0 Å². The summed E-state index contributed by atoms with van der Waals surface area (Å²) in [5.74, 6) is 0. The molecule has 0 aliphatic heterocycles. The molecular weight excluding hydrogens is 280 g/mol. The van der Waals surface area contributed by atoms with Crippen LogP contribution in [0, 0.1) is 0 Å². The first kappa shape index (κ1) is 15.1. The Labute approximate surface area is 128 Å². The van der Waals surface area contributed by atoms with E-state index >= 15 is 0 Å². The molecule has 1 heterocycles. The normalized spacial score (nSPS) is 10.8. The number of rotatable bonds is 3. The topological polar surface area (TPSA) is 40.9 Å². The zero-order valence-corrected chi connectivity index (χ0v) is 12.1. The maximum atomic E-state index is 4.42. The highest BCUT2D eigenvalue weighted by Crippen LogP contribution is 2.29. The van der Waals surface area contributed by atoms with E-state index < -0.39 is 0 Å². The monoisotopic (exact) mass is 298 g/mol. The number of nitrogens with zero attached hydrogens (tertiary/aromatic N) is 4. The molecule has 0 aliphatic rings. The average Bonchev–Trinajstić information content (AvgIpc) is 2.88. The fourth-order valence-corrected chi connectivity index (χ4v) is 2.61. The minimum Gasteiger partial charge on any atom is -0.378 e. The lowest BCUT2D eigenvalue weighted by Crippen LogP contribution is -2.07. The predicted octanol–water partition coefficient (Wildman–Crippen LogP) is 5.41. The van der Waals surface area contributed by atoms with Crippen molar-refractivity contribution in [3.05, 3.63) is 48.5 Å². The van der Waals surface area contributed by atoms with E-state index in [9.17, 15) is 0 Å². The molecule has 1 aromatic heterocycles. The Bertz CT molecular complexity index is 711. The van der Waals surface area contributed by atoms with Crippen LogP contribution in [0.3, 0.4) is 0 Å². The van der Waals surface area contributed by atoms with Crippen LogP contribution in [0.5, 0.6) is 0 Å². The van der Waals surface area contributed by atoms with Gasteiger partial charge in [-0.05, 0) is 36.4 Å². The highest BCUT2D eigenvalue weighted by Gasteiger charge is 2.01. The van der Waals surface area contributed by atoms with E-state index in [1.807, 2.05) is 62.6 Å². The molecular formula is C16H18N4S. The van der Waals surface area contributed by atoms with Gasteiger partial charge in [-0.3, -0.25) is 0 Å². The van der Waals surface area contributed by atoms with Crippen molar-refractivity contribution in [2.45, 2.75) is 7.43 Å². The van der Waals surface area contributed by atoms with Gasteiger partial charge in [-0.1, -0.05) is 30.9 Å². The van der Waals surface area contributed by atoms with Crippen molar-refractivity contribution >= 4 is 38.1 Å². The zero-order chi connectivity index (χ0) is 13.9. The van der Waals surface area contributed by atoms with Gasteiger partial charge >= 0.3 is 0 Å². The minimum absolute atomic E-state index is 0. The number of hydrogen-bond acceptors (Lipinski definition) is 5. The Morgan fingerprint density at radius 1 is 0.952 bits per heavy atom. The zero-order valence-electron chi connectivity index (χ0n) is 11.3. The van der Waals surface area contributed by atoms with Gasteiger partial charge in [0.05, 0.1) is 15.9 Å². The van der Waals surface area contributed by atoms with E-state index in [-0.39, 0.29) is 7.43 Å². The van der Waals surface area contributed by atoms with Gasteiger partial charge in [-0.15, -0.1) is 10.2 Å². The van der Waals surface area contributed by atoms with Crippen LogP contribution in [0.4, 0.5) is 16.5 Å². The second-order valence-electron chi connectivity index (χ2n) is 4.57. The molecule has 3 aromatic rings. The van der Waals surface area contributed by atoms with E-state index in [4.69, 9.17) is 0 Å². The van der Waals surface area contributed by atoms with Crippen molar-refractivity contribution in [3.8, 4) is 0 Å². The van der Waals surface area contributed by atoms with E-state index in [0.717, 1.165) is 21.6 Å². The van der Waals surface area contributed by atoms with Crippen LogP contribution in [0.2, 0.25) is 0 Å². The number of hydrogen-bond donors (Lipinski definition) is 0. The Kier molecular flexibility index (Phi) is 4.65. The van der Waals surface area contributed by atoms with Crippen LogP contribution in [0.1, 0.15) is 7.43 Å². The lowest BCUT2D eigenvalue weighted by molar-refractivity contribution is 1.13. The highest BCUT2D eigenvalue weighted by molar-refractivity contribution is 7.21. The highest BCUT2D eigenvalue weighted by atomic mass is 32.1. The molecule has 0 saturated heterocycles. The second-order valence-corrected chi connectivity index (χ2v) is 5.58. The van der Waals surface area contributed by atoms with Crippen LogP contribution in [0.25, 0.3) is 10.2 Å². The molecule has 2 aromatic carbocycles. The summed E-state index contributed by atoms with van der Waals surface area (Å²) in [4.78, 5) is 6.47. The molecule has 0 aliphatic carbocycles. The molecule has 0 N–H and O–H groups in total. The first-order valence-electron chi connectivity index (χ1n) is 6.27. The number of thiazole rings is 1. The molecule has 4 nitrogen and oxygen atoms in total. The van der Waals surface area contributed by atoms with Crippen molar-refractivity contribution in [1.82, 2.24) is 4.98 Å². The van der Waals surface area contributed by atoms with E-state index in [1.54, 1.807) is 11.3 Å². The third kappa shape index (κ3) is 3.44. The quantitative estimate of drug-likeness (QED) is 0.606. The van der Waals surface area contributed by atoms with Gasteiger partial charge in [0.1, 0.15) is 0 Å². The van der Waals surface area contributed by atoms with Gasteiger partial charge in [0, 0.05) is 19.8 Å². The number of aromatic nitrogens is 1. The summed E-state index contributed by atoms with van der Waals surface area (Å²) in [5, 5.41) is 9.12. The molecule has 108 valence electrons. The van der Waals surface area contributed by atoms with Gasteiger partial charge < -0.3 is 4.90 Å². The van der Waals surface area contributed by atoms with Gasteiger partial charge in [0.15, 0.2) is 0 Å². The lowest BCUT2D eigenvalue weighted by Gasteiger charge is -2.11. The van der Waals surface area contributed by atoms with Crippen LogP contribution in [-0.4, -0.2) is 19.1 Å². The molecule has 3 rings (SSSR count). The molecule has 21 heavy (non-hydrogen) atoms. The number of azo groups is 1. The third-order valence-electron chi connectivity index (χ3n) is 2.90. The predicted molar refractivity (Wildman–Crippen MR) is 91.3 cm³/mol. The van der Waals surface area contributed by atoms with Crippen LogP contribution in [0.15, 0.2) is 58.8 Å². The molecule has 0 spiro atoms. The van der Waals surface area contributed by atoms with Gasteiger partial charge in [0.2, 0.25) is 5.13 Å².